The molecular formula is C59H32N2O2. The molecule has 0 unspecified atom stereocenters. The van der Waals surface area contributed by atoms with Crippen molar-refractivity contribution in [2.75, 3.05) is 0 Å². The highest BCUT2D eigenvalue weighted by atomic mass is 16.3. The highest BCUT2D eigenvalue weighted by molar-refractivity contribution is 6.24. The van der Waals surface area contributed by atoms with E-state index in [1.165, 1.54) is 55.3 Å². The van der Waals surface area contributed by atoms with Gasteiger partial charge in [-0.05, 0) is 91.2 Å². The third kappa shape index (κ3) is 4.20. The molecule has 13 aromatic rings. The number of benzene rings is 10. The Kier molecular flexibility index (Phi) is 6.32. The fourth-order valence-corrected chi connectivity index (χ4v) is 11.5. The molecule has 0 amide bonds. The molecule has 0 N–H and O–H groups in total. The van der Waals surface area contributed by atoms with Crippen LogP contribution in [-0.2, 0) is 5.41 Å². The fourth-order valence-electron chi connectivity index (χ4n) is 11.5. The summed E-state index contributed by atoms with van der Waals surface area (Å²) >= 11 is 0. The molecule has 0 fully saturated rings. The second-order valence-electron chi connectivity index (χ2n) is 17.1. The van der Waals surface area contributed by atoms with Crippen LogP contribution in [0.1, 0.15) is 22.3 Å². The van der Waals surface area contributed by atoms with E-state index in [-0.39, 0.29) is 0 Å². The van der Waals surface area contributed by atoms with Crippen LogP contribution in [0.15, 0.2) is 203 Å². The van der Waals surface area contributed by atoms with Crippen LogP contribution in [0, 0.1) is 0 Å². The molecule has 4 nitrogen and oxygen atoms in total. The number of para-hydroxylation sites is 2. The molecule has 3 heterocycles. The summed E-state index contributed by atoms with van der Waals surface area (Å²) < 4.78 is 13.7. The monoisotopic (exact) mass is 800 g/mol. The van der Waals surface area contributed by atoms with Crippen LogP contribution in [0.2, 0.25) is 0 Å². The predicted molar refractivity (Wildman–Crippen MR) is 256 cm³/mol. The van der Waals surface area contributed by atoms with E-state index in [1.54, 1.807) is 0 Å². The summed E-state index contributed by atoms with van der Waals surface area (Å²) in [4.78, 5) is 10.6. The van der Waals surface area contributed by atoms with Gasteiger partial charge in [0.25, 0.3) is 0 Å². The summed E-state index contributed by atoms with van der Waals surface area (Å²) in [5.74, 6) is 0. The van der Waals surface area contributed by atoms with Crippen molar-refractivity contribution in [3.05, 3.63) is 217 Å². The first-order chi connectivity index (χ1) is 31.2. The molecule has 2 aliphatic rings. The van der Waals surface area contributed by atoms with E-state index in [4.69, 9.17) is 18.8 Å². The van der Waals surface area contributed by atoms with E-state index < -0.39 is 5.41 Å². The van der Waals surface area contributed by atoms with E-state index >= 15 is 0 Å². The van der Waals surface area contributed by atoms with Gasteiger partial charge in [-0.3, -0.25) is 4.98 Å². The molecular weight excluding hydrogens is 769 g/mol. The lowest BCUT2D eigenvalue weighted by Gasteiger charge is -2.31. The second kappa shape index (κ2) is 11.9. The molecule has 4 heteroatoms. The first-order valence-corrected chi connectivity index (χ1v) is 21.6. The SMILES string of the molecule is c1ccc2c(c1)-c1ccccc1C21c2cc(-c3cnc4c5ccccc5c5ccccc5c4n3)ccc2-c2ccc(-c3c4oc5ccccc5c4cc4c3oc3ccccc34)cc21. The van der Waals surface area contributed by atoms with Crippen molar-refractivity contribution in [2.45, 2.75) is 5.41 Å². The molecule has 2 aliphatic carbocycles. The molecule has 0 saturated heterocycles. The minimum atomic E-state index is -0.605. The van der Waals surface area contributed by atoms with Gasteiger partial charge in [-0.1, -0.05) is 158 Å². The Labute approximate surface area is 360 Å². The first-order valence-electron chi connectivity index (χ1n) is 21.6. The number of aromatic nitrogens is 2. The first kappa shape index (κ1) is 33.4. The maximum Gasteiger partial charge on any atom is 0.147 e. The molecule has 0 saturated carbocycles. The van der Waals surface area contributed by atoms with E-state index in [0.717, 1.165) is 88.1 Å². The molecule has 10 aromatic carbocycles. The summed E-state index contributed by atoms with van der Waals surface area (Å²) in [5, 5.41) is 8.94. The van der Waals surface area contributed by atoms with Crippen molar-refractivity contribution in [1.82, 2.24) is 9.97 Å². The van der Waals surface area contributed by atoms with Gasteiger partial charge in [-0.15, -0.1) is 0 Å². The Morgan fingerprint density at radius 2 is 0.810 bits per heavy atom. The highest BCUT2D eigenvalue weighted by Gasteiger charge is 2.52. The van der Waals surface area contributed by atoms with E-state index in [1.807, 2.05) is 18.3 Å². The molecule has 0 bridgehead atoms. The fraction of sp³-hybridized carbons (Fsp3) is 0.0169. The van der Waals surface area contributed by atoms with Gasteiger partial charge in [-0.25, -0.2) is 4.98 Å². The van der Waals surface area contributed by atoms with E-state index in [0.29, 0.717) is 0 Å². The Morgan fingerprint density at radius 1 is 0.349 bits per heavy atom. The van der Waals surface area contributed by atoms with Crippen LogP contribution in [0.5, 0.6) is 0 Å². The van der Waals surface area contributed by atoms with Crippen LogP contribution in [0.4, 0.5) is 0 Å². The van der Waals surface area contributed by atoms with Crippen molar-refractivity contribution >= 4 is 76.5 Å². The lowest BCUT2D eigenvalue weighted by Crippen LogP contribution is -2.26. The molecule has 0 aliphatic heterocycles. The second-order valence-corrected chi connectivity index (χ2v) is 17.1. The van der Waals surface area contributed by atoms with Crippen LogP contribution in [0.3, 0.4) is 0 Å². The Balaban J connectivity index is 1.02. The standard InChI is InChI=1S/C59H32N2O2/c1-3-19-43-35(13-1)36-14-2-4-20-44(36)56-55(43)60-32-51(61-56)33-25-27-39-40-28-26-34(30-50(40)59(49(39)29-33)47-21-9-5-15-37(47)38-16-6-10-22-48(38)59)54-57-45(41-17-7-11-23-52(41)62-57)31-46-42-18-8-12-24-53(42)63-58(46)54/h1-32H. The van der Waals surface area contributed by atoms with Crippen molar-refractivity contribution in [3.63, 3.8) is 0 Å². The maximum absolute atomic E-state index is 6.83. The largest absolute Gasteiger partial charge is 0.455 e. The minimum Gasteiger partial charge on any atom is -0.455 e. The molecule has 290 valence electrons. The number of fused-ring (bicyclic) bond motifs is 22. The number of nitrogens with zero attached hydrogens (tertiary/aromatic N) is 2. The lowest BCUT2D eigenvalue weighted by molar-refractivity contribution is 0.658. The topological polar surface area (TPSA) is 52.1 Å². The number of rotatable bonds is 2. The zero-order valence-corrected chi connectivity index (χ0v) is 33.7. The predicted octanol–water partition coefficient (Wildman–Crippen LogP) is 15.4. The van der Waals surface area contributed by atoms with E-state index in [9.17, 15) is 0 Å². The van der Waals surface area contributed by atoms with Crippen molar-refractivity contribution < 1.29 is 8.83 Å². The van der Waals surface area contributed by atoms with Crippen LogP contribution >= 0.6 is 0 Å². The number of hydrogen-bond acceptors (Lipinski definition) is 4. The third-order valence-corrected chi connectivity index (χ3v) is 14.1. The van der Waals surface area contributed by atoms with Gasteiger partial charge in [0.1, 0.15) is 22.3 Å². The Hall–Kier alpha value is -8.34. The Morgan fingerprint density at radius 3 is 1.41 bits per heavy atom. The van der Waals surface area contributed by atoms with Crippen LogP contribution < -0.4 is 0 Å². The number of hydrogen-bond donors (Lipinski definition) is 0. The van der Waals surface area contributed by atoms with Gasteiger partial charge in [0.2, 0.25) is 0 Å². The molecule has 0 atom stereocenters. The lowest BCUT2D eigenvalue weighted by atomic mass is 9.70. The van der Waals surface area contributed by atoms with Gasteiger partial charge >= 0.3 is 0 Å². The maximum atomic E-state index is 6.83. The summed E-state index contributed by atoms with van der Waals surface area (Å²) in [5.41, 5.74) is 18.5. The van der Waals surface area contributed by atoms with E-state index in [2.05, 4.69) is 176 Å². The minimum absolute atomic E-state index is 0.605. The van der Waals surface area contributed by atoms with Gasteiger partial charge in [0.05, 0.1) is 33.9 Å². The summed E-state index contributed by atoms with van der Waals surface area (Å²) in [6.45, 7) is 0. The van der Waals surface area contributed by atoms with Gasteiger partial charge in [0, 0.05) is 37.9 Å². The molecule has 63 heavy (non-hydrogen) atoms. The average molecular weight is 801 g/mol. The summed E-state index contributed by atoms with van der Waals surface area (Å²) in [6.07, 6.45) is 1.96. The smallest absolute Gasteiger partial charge is 0.147 e. The van der Waals surface area contributed by atoms with Crippen LogP contribution in [0.25, 0.3) is 121 Å². The van der Waals surface area contributed by atoms with Crippen LogP contribution in [-0.4, -0.2) is 9.97 Å². The molecule has 0 radical (unpaired) electrons. The molecule has 3 aromatic heterocycles. The average Bonchev–Trinajstić information content (AvgIpc) is 4.08. The summed E-state index contributed by atoms with van der Waals surface area (Å²) in [6, 6.07) is 67.9. The van der Waals surface area contributed by atoms with Gasteiger partial charge < -0.3 is 8.83 Å². The highest BCUT2D eigenvalue weighted by Crippen LogP contribution is 2.64. The van der Waals surface area contributed by atoms with Gasteiger partial charge in [0.15, 0.2) is 0 Å². The third-order valence-electron chi connectivity index (χ3n) is 14.1. The molecule has 15 rings (SSSR count). The van der Waals surface area contributed by atoms with Gasteiger partial charge in [-0.2, -0.15) is 0 Å². The zero-order chi connectivity index (χ0) is 41.0. The van der Waals surface area contributed by atoms with Crippen molar-refractivity contribution in [2.24, 2.45) is 0 Å². The Bertz CT molecular complexity index is 4000. The number of furan rings is 2. The van der Waals surface area contributed by atoms with Crippen molar-refractivity contribution in [1.29, 1.82) is 0 Å². The molecule has 1 spiro atoms. The van der Waals surface area contributed by atoms with Crippen molar-refractivity contribution in [3.8, 4) is 44.6 Å². The quantitative estimate of drug-likeness (QED) is 0.163. The zero-order valence-electron chi connectivity index (χ0n) is 33.7. The summed E-state index contributed by atoms with van der Waals surface area (Å²) in [7, 11) is 0. The normalized spacial score (nSPS) is 13.5.